The van der Waals surface area contributed by atoms with Crippen LogP contribution in [0, 0.1) is 0 Å². The normalized spacial score (nSPS) is 24.6. The molecule has 0 aliphatic carbocycles. The molecule has 0 amide bonds. The molecule has 0 aromatic heterocycles. The Bertz CT molecular complexity index is 302. The fourth-order valence-corrected chi connectivity index (χ4v) is 2.30. The molecule has 1 fully saturated rings. The fraction of sp³-hybridized carbons (Fsp3) is 0.933. The average molecular weight is 286 g/mol. The minimum atomic E-state index is -0.420. The highest BCUT2D eigenvalue weighted by atomic mass is 16.6. The van der Waals surface area contributed by atoms with Crippen molar-refractivity contribution in [2.45, 2.75) is 71.1 Å². The summed E-state index contributed by atoms with van der Waals surface area (Å²) in [4.78, 5) is 19.6. The number of ether oxygens (including phenoxy) is 1. The number of rotatable bonds is 6. The van der Waals surface area contributed by atoms with Gasteiger partial charge in [0.15, 0.2) is 0 Å². The summed E-state index contributed by atoms with van der Waals surface area (Å²) in [5, 5.41) is 0. The van der Waals surface area contributed by atoms with Gasteiger partial charge in [-0.1, -0.05) is 13.3 Å². The second-order valence-corrected chi connectivity index (χ2v) is 6.58. The van der Waals surface area contributed by atoms with Gasteiger partial charge < -0.3 is 9.57 Å². The number of likely N-dealkylation sites (tertiary alicyclic amines) is 1. The van der Waals surface area contributed by atoms with Gasteiger partial charge in [0.1, 0.15) is 11.6 Å². The van der Waals surface area contributed by atoms with Crippen molar-refractivity contribution in [2.24, 2.45) is 0 Å². The van der Waals surface area contributed by atoms with Crippen molar-refractivity contribution in [3.05, 3.63) is 0 Å². The van der Waals surface area contributed by atoms with Crippen LogP contribution in [0.5, 0.6) is 0 Å². The highest BCUT2D eigenvalue weighted by Crippen LogP contribution is 2.19. The quantitative estimate of drug-likeness (QED) is 0.460. The number of carbonyl (C=O) groups is 1. The maximum atomic E-state index is 12.1. The first kappa shape index (κ1) is 17.4. The minimum absolute atomic E-state index is 0.120. The second kappa shape index (κ2) is 7.96. The number of hydrogen-bond donors (Lipinski definition) is 1. The molecule has 0 aromatic rings. The third-order valence-electron chi connectivity index (χ3n) is 3.36. The smallest absolute Gasteiger partial charge is 0.323 e. The fourth-order valence-electron chi connectivity index (χ4n) is 2.30. The summed E-state index contributed by atoms with van der Waals surface area (Å²) in [5.74, 6) is -0.120. The molecule has 0 aromatic carbocycles. The van der Waals surface area contributed by atoms with E-state index in [2.05, 4.69) is 17.3 Å². The SMILES string of the molecule is CCCCON[C@@H]1CC[C@@H](C(=O)OC(C)(C)C)N(C)C1. The van der Waals surface area contributed by atoms with Crippen LogP contribution in [0.15, 0.2) is 0 Å². The molecule has 20 heavy (non-hydrogen) atoms. The molecular weight excluding hydrogens is 256 g/mol. The van der Waals surface area contributed by atoms with Crippen LogP contribution in [0.25, 0.3) is 0 Å². The lowest BCUT2D eigenvalue weighted by Gasteiger charge is -2.37. The highest BCUT2D eigenvalue weighted by Gasteiger charge is 2.33. The number of hydrogen-bond acceptors (Lipinski definition) is 5. The summed E-state index contributed by atoms with van der Waals surface area (Å²) in [5.41, 5.74) is 2.68. The largest absolute Gasteiger partial charge is 0.459 e. The van der Waals surface area contributed by atoms with Gasteiger partial charge in [0, 0.05) is 12.6 Å². The topological polar surface area (TPSA) is 50.8 Å². The molecule has 0 radical (unpaired) electrons. The van der Waals surface area contributed by atoms with E-state index in [9.17, 15) is 4.79 Å². The summed E-state index contributed by atoms with van der Waals surface area (Å²) in [6.07, 6.45) is 3.93. The molecule has 5 heteroatoms. The third-order valence-corrected chi connectivity index (χ3v) is 3.36. The third kappa shape index (κ3) is 6.20. The zero-order chi connectivity index (χ0) is 15.2. The van der Waals surface area contributed by atoms with Crippen LogP contribution in [-0.2, 0) is 14.4 Å². The van der Waals surface area contributed by atoms with Crippen LogP contribution < -0.4 is 5.48 Å². The molecule has 5 nitrogen and oxygen atoms in total. The molecule has 1 N–H and O–H groups in total. The lowest BCUT2D eigenvalue weighted by Crippen LogP contribution is -2.52. The number of nitrogens with one attached hydrogen (secondary N) is 1. The lowest BCUT2D eigenvalue weighted by molar-refractivity contribution is -0.163. The number of nitrogens with zero attached hydrogens (tertiary/aromatic N) is 1. The zero-order valence-corrected chi connectivity index (χ0v) is 13.6. The Balaban J connectivity index is 2.34. The van der Waals surface area contributed by atoms with E-state index in [0.717, 1.165) is 38.8 Å². The maximum Gasteiger partial charge on any atom is 0.323 e. The van der Waals surface area contributed by atoms with Crippen LogP contribution in [-0.4, -0.2) is 48.8 Å². The monoisotopic (exact) mass is 286 g/mol. The zero-order valence-electron chi connectivity index (χ0n) is 13.6. The first-order valence-corrected chi connectivity index (χ1v) is 7.64. The first-order valence-electron chi connectivity index (χ1n) is 7.64. The Morgan fingerprint density at radius 2 is 2.05 bits per heavy atom. The standard InChI is InChI=1S/C15H30N2O3/c1-6-7-10-19-16-12-8-9-13(17(5)11-12)14(18)20-15(2,3)4/h12-13,16H,6-11H2,1-5H3/t12-,13+/m1/s1. The van der Waals surface area contributed by atoms with Crippen molar-refractivity contribution in [3.8, 4) is 0 Å². The van der Waals surface area contributed by atoms with Gasteiger partial charge in [-0.2, -0.15) is 5.48 Å². The van der Waals surface area contributed by atoms with Crippen LogP contribution in [0.1, 0.15) is 53.4 Å². The Kier molecular flexibility index (Phi) is 6.92. The van der Waals surface area contributed by atoms with Crippen molar-refractivity contribution >= 4 is 5.97 Å². The molecule has 2 atom stereocenters. The van der Waals surface area contributed by atoms with Crippen molar-refractivity contribution in [3.63, 3.8) is 0 Å². The van der Waals surface area contributed by atoms with E-state index in [-0.39, 0.29) is 18.1 Å². The van der Waals surface area contributed by atoms with E-state index >= 15 is 0 Å². The predicted molar refractivity (Wildman–Crippen MR) is 79.3 cm³/mol. The van der Waals surface area contributed by atoms with Crippen LogP contribution in [0.4, 0.5) is 0 Å². The lowest BCUT2D eigenvalue weighted by atomic mass is 9.99. The number of unbranched alkanes of at least 4 members (excludes halogenated alkanes) is 1. The van der Waals surface area contributed by atoms with Crippen LogP contribution in [0.2, 0.25) is 0 Å². The summed E-state index contributed by atoms with van der Waals surface area (Å²) < 4.78 is 5.46. The summed E-state index contributed by atoms with van der Waals surface area (Å²) in [7, 11) is 1.97. The summed E-state index contributed by atoms with van der Waals surface area (Å²) in [6.45, 7) is 9.39. The molecule has 1 saturated heterocycles. The number of likely N-dealkylation sites (N-methyl/N-ethyl adjacent to an activating group) is 1. The molecule has 0 spiro atoms. The molecule has 1 aliphatic heterocycles. The molecule has 118 valence electrons. The molecule has 0 bridgehead atoms. The maximum absolute atomic E-state index is 12.1. The molecule has 1 heterocycles. The Morgan fingerprint density at radius 1 is 1.35 bits per heavy atom. The first-order chi connectivity index (χ1) is 9.33. The van der Waals surface area contributed by atoms with Crippen LogP contribution >= 0.6 is 0 Å². The Labute approximate surface area is 122 Å². The number of esters is 1. The number of piperidine rings is 1. The van der Waals surface area contributed by atoms with Gasteiger partial charge in [0.25, 0.3) is 0 Å². The predicted octanol–water partition coefficient (Wildman–Crippen LogP) is 2.11. The van der Waals surface area contributed by atoms with Gasteiger partial charge >= 0.3 is 5.97 Å². The average Bonchev–Trinajstić information content (AvgIpc) is 2.32. The molecule has 0 unspecified atom stereocenters. The molecule has 0 saturated carbocycles. The van der Waals surface area contributed by atoms with E-state index in [4.69, 9.17) is 9.57 Å². The van der Waals surface area contributed by atoms with E-state index in [1.54, 1.807) is 0 Å². The highest BCUT2D eigenvalue weighted by molar-refractivity contribution is 5.76. The van der Waals surface area contributed by atoms with E-state index in [1.165, 1.54) is 0 Å². The van der Waals surface area contributed by atoms with E-state index in [1.807, 2.05) is 27.8 Å². The Morgan fingerprint density at radius 3 is 2.60 bits per heavy atom. The molecule has 1 aliphatic rings. The van der Waals surface area contributed by atoms with Gasteiger partial charge in [-0.25, -0.2) is 0 Å². The summed E-state index contributed by atoms with van der Waals surface area (Å²) >= 11 is 0. The van der Waals surface area contributed by atoms with Crippen molar-refractivity contribution in [1.82, 2.24) is 10.4 Å². The van der Waals surface area contributed by atoms with Crippen molar-refractivity contribution in [1.29, 1.82) is 0 Å². The number of carbonyl (C=O) groups excluding carboxylic acids is 1. The molecular formula is C15H30N2O3. The van der Waals surface area contributed by atoms with Gasteiger partial charge in [-0.05, 0) is 47.1 Å². The van der Waals surface area contributed by atoms with Crippen molar-refractivity contribution in [2.75, 3.05) is 20.2 Å². The molecule has 1 rings (SSSR count). The van der Waals surface area contributed by atoms with Gasteiger partial charge in [0.2, 0.25) is 0 Å². The van der Waals surface area contributed by atoms with Crippen LogP contribution in [0.3, 0.4) is 0 Å². The van der Waals surface area contributed by atoms with E-state index < -0.39 is 5.60 Å². The van der Waals surface area contributed by atoms with Crippen molar-refractivity contribution < 1.29 is 14.4 Å². The van der Waals surface area contributed by atoms with E-state index in [0.29, 0.717) is 0 Å². The Hall–Kier alpha value is -0.650. The second-order valence-electron chi connectivity index (χ2n) is 6.58. The van der Waals surface area contributed by atoms with Gasteiger partial charge in [-0.15, -0.1) is 0 Å². The summed E-state index contributed by atoms with van der Waals surface area (Å²) in [6, 6.07) is 0.151. The van der Waals surface area contributed by atoms with Gasteiger partial charge in [0.05, 0.1) is 6.61 Å². The number of hydroxylamine groups is 1. The van der Waals surface area contributed by atoms with Gasteiger partial charge in [-0.3, -0.25) is 9.69 Å². The minimum Gasteiger partial charge on any atom is -0.459 e.